The number of nitrogens with zero attached hydrogens (tertiary/aromatic N) is 2. The standard InChI is InChI=1S/C15H8BrClF2N2/c1-7-2-9(16)5-12-13(7)20-15(21-14(12)17)8-3-10(18)6-11(19)4-8/h2-6H,1H3. The second kappa shape index (κ2) is 5.31. The van der Waals surface area contributed by atoms with E-state index in [4.69, 9.17) is 11.6 Å². The van der Waals surface area contributed by atoms with E-state index in [0.29, 0.717) is 10.9 Å². The molecule has 0 radical (unpaired) electrons. The van der Waals surface area contributed by atoms with E-state index in [9.17, 15) is 8.78 Å². The summed E-state index contributed by atoms with van der Waals surface area (Å²) in [5.41, 5.74) is 1.79. The highest BCUT2D eigenvalue weighted by atomic mass is 79.9. The Morgan fingerprint density at radius 3 is 2.33 bits per heavy atom. The van der Waals surface area contributed by atoms with Gasteiger partial charge in [0, 0.05) is 21.5 Å². The van der Waals surface area contributed by atoms with Crippen LogP contribution in [0.5, 0.6) is 0 Å². The van der Waals surface area contributed by atoms with E-state index in [1.165, 1.54) is 12.1 Å². The van der Waals surface area contributed by atoms with Crippen LogP contribution >= 0.6 is 27.5 Å². The summed E-state index contributed by atoms with van der Waals surface area (Å²) in [6.07, 6.45) is 0. The summed E-state index contributed by atoms with van der Waals surface area (Å²) in [5.74, 6) is -1.17. The third kappa shape index (κ3) is 2.76. The van der Waals surface area contributed by atoms with Crippen molar-refractivity contribution in [2.75, 3.05) is 0 Å². The minimum atomic E-state index is -0.683. The Morgan fingerprint density at radius 1 is 1.00 bits per heavy atom. The summed E-state index contributed by atoms with van der Waals surface area (Å²) < 4.78 is 27.5. The number of hydrogen-bond donors (Lipinski definition) is 0. The highest BCUT2D eigenvalue weighted by Gasteiger charge is 2.12. The Hall–Kier alpha value is -1.59. The first-order valence-corrected chi connectivity index (χ1v) is 7.21. The number of halogens is 4. The predicted molar refractivity (Wildman–Crippen MR) is 82.3 cm³/mol. The van der Waals surface area contributed by atoms with Gasteiger partial charge in [-0.15, -0.1) is 0 Å². The molecule has 0 saturated carbocycles. The van der Waals surface area contributed by atoms with Crippen LogP contribution in [-0.2, 0) is 0 Å². The average Bonchev–Trinajstić information content (AvgIpc) is 2.38. The van der Waals surface area contributed by atoms with Crippen molar-refractivity contribution < 1.29 is 8.78 Å². The zero-order valence-corrected chi connectivity index (χ0v) is 13.1. The Balaban J connectivity index is 2.30. The van der Waals surface area contributed by atoms with Crippen molar-refractivity contribution in [1.29, 1.82) is 0 Å². The molecule has 2 nitrogen and oxygen atoms in total. The number of rotatable bonds is 1. The first-order chi connectivity index (χ1) is 9.94. The Morgan fingerprint density at radius 2 is 1.67 bits per heavy atom. The molecular formula is C15H8BrClF2N2. The number of aromatic nitrogens is 2. The van der Waals surface area contributed by atoms with Gasteiger partial charge in [0.25, 0.3) is 0 Å². The monoisotopic (exact) mass is 368 g/mol. The van der Waals surface area contributed by atoms with Gasteiger partial charge in [-0.3, -0.25) is 0 Å². The first kappa shape index (κ1) is 14.4. The molecule has 21 heavy (non-hydrogen) atoms. The lowest BCUT2D eigenvalue weighted by atomic mass is 10.1. The molecule has 0 aliphatic heterocycles. The minimum absolute atomic E-state index is 0.191. The van der Waals surface area contributed by atoms with E-state index < -0.39 is 11.6 Å². The van der Waals surface area contributed by atoms with Gasteiger partial charge >= 0.3 is 0 Å². The molecule has 0 saturated heterocycles. The van der Waals surface area contributed by atoms with Gasteiger partial charge in [-0.25, -0.2) is 18.7 Å². The molecule has 0 fully saturated rings. The van der Waals surface area contributed by atoms with Crippen LogP contribution in [0.3, 0.4) is 0 Å². The van der Waals surface area contributed by atoms with Gasteiger partial charge in [0.2, 0.25) is 0 Å². The van der Waals surface area contributed by atoms with Crippen LogP contribution in [0.4, 0.5) is 8.78 Å². The lowest BCUT2D eigenvalue weighted by Gasteiger charge is -2.08. The maximum Gasteiger partial charge on any atom is 0.161 e. The van der Waals surface area contributed by atoms with E-state index in [2.05, 4.69) is 25.9 Å². The largest absolute Gasteiger partial charge is 0.228 e. The molecule has 0 unspecified atom stereocenters. The minimum Gasteiger partial charge on any atom is -0.228 e. The SMILES string of the molecule is Cc1cc(Br)cc2c(Cl)nc(-c3cc(F)cc(F)c3)nc12. The topological polar surface area (TPSA) is 25.8 Å². The lowest BCUT2D eigenvalue weighted by molar-refractivity contribution is 0.584. The van der Waals surface area contributed by atoms with Gasteiger partial charge in [0.1, 0.15) is 16.8 Å². The smallest absolute Gasteiger partial charge is 0.161 e. The number of benzene rings is 2. The van der Waals surface area contributed by atoms with E-state index >= 15 is 0 Å². The zero-order valence-electron chi connectivity index (χ0n) is 10.8. The van der Waals surface area contributed by atoms with Crippen LogP contribution in [0.25, 0.3) is 22.3 Å². The molecule has 1 heterocycles. The fourth-order valence-corrected chi connectivity index (χ4v) is 2.93. The van der Waals surface area contributed by atoms with Gasteiger partial charge < -0.3 is 0 Å². The van der Waals surface area contributed by atoms with Crippen molar-refractivity contribution in [3.8, 4) is 11.4 Å². The summed E-state index contributed by atoms with van der Waals surface area (Å²) in [5, 5.41) is 0.924. The van der Waals surface area contributed by atoms with Crippen LogP contribution in [0.15, 0.2) is 34.8 Å². The molecule has 0 atom stereocenters. The third-order valence-corrected chi connectivity index (χ3v) is 3.78. The molecule has 0 aliphatic rings. The average molecular weight is 370 g/mol. The number of hydrogen-bond acceptors (Lipinski definition) is 2. The Bertz CT molecular complexity index is 848. The van der Waals surface area contributed by atoms with Crippen LogP contribution < -0.4 is 0 Å². The fraction of sp³-hybridized carbons (Fsp3) is 0.0667. The van der Waals surface area contributed by atoms with Crippen molar-refractivity contribution >= 4 is 38.4 Å². The Labute approximate surface area is 132 Å². The quantitative estimate of drug-likeness (QED) is 0.544. The van der Waals surface area contributed by atoms with Gasteiger partial charge in [-0.05, 0) is 36.8 Å². The van der Waals surface area contributed by atoms with Crippen LogP contribution in [0.2, 0.25) is 5.15 Å². The summed E-state index contributed by atoms with van der Waals surface area (Å²) in [6, 6.07) is 6.85. The van der Waals surface area contributed by atoms with Crippen molar-refractivity contribution in [1.82, 2.24) is 9.97 Å². The normalized spacial score (nSPS) is 11.1. The highest BCUT2D eigenvalue weighted by Crippen LogP contribution is 2.30. The van der Waals surface area contributed by atoms with Crippen molar-refractivity contribution in [2.45, 2.75) is 6.92 Å². The van der Waals surface area contributed by atoms with Gasteiger partial charge in [-0.1, -0.05) is 27.5 Å². The van der Waals surface area contributed by atoms with Gasteiger partial charge in [-0.2, -0.15) is 0 Å². The van der Waals surface area contributed by atoms with Crippen molar-refractivity contribution in [3.05, 3.63) is 57.2 Å². The molecule has 0 bridgehead atoms. The maximum atomic E-state index is 13.3. The van der Waals surface area contributed by atoms with Crippen molar-refractivity contribution in [2.24, 2.45) is 0 Å². The summed E-state index contributed by atoms with van der Waals surface area (Å²) in [4.78, 5) is 8.52. The molecule has 2 aromatic carbocycles. The summed E-state index contributed by atoms with van der Waals surface area (Å²) in [6.45, 7) is 1.88. The van der Waals surface area contributed by atoms with Crippen LogP contribution in [0.1, 0.15) is 5.56 Å². The molecule has 106 valence electrons. The molecule has 3 aromatic rings. The molecular weight excluding hydrogens is 362 g/mol. The van der Waals surface area contributed by atoms with Gasteiger partial charge in [0.15, 0.2) is 5.82 Å². The second-order valence-corrected chi connectivity index (χ2v) is 5.89. The number of aryl methyl sites for hydroxylation is 1. The first-order valence-electron chi connectivity index (χ1n) is 6.04. The van der Waals surface area contributed by atoms with E-state index in [1.807, 2.05) is 13.0 Å². The van der Waals surface area contributed by atoms with E-state index in [-0.39, 0.29) is 16.5 Å². The molecule has 0 N–H and O–H groups in total. The lowest BCUT2D eigenvalue weighted by Crippen LogP contribution is -1.95. The van der Waals surface area contributed by atoms with E-state index in [0.717, 1.165) is 16.1 Å². The molecule has 6 heteroatoms. The number of fused-ring (bicyclic) bond motifs is 1. The molecule has 0 aliphatic carbocycles. The highest BCUT2D eigenvalue weighted by molar-refractivity contribution is 9.10. The summed E-state index contributed by atoms with van der Waals surface area (Å²) in [7, 11) is 0. The maximum absolute atomic E-state index is 13.3. The van der Waals surface area contributed by atoms with Crippen LogP contribution in [0, 0.1) is 18.6 Å². The molecule has 3 rings (SSSR count). The fourth-order valence-electron chi connectivity index (χ4n) is 2.14. The Kier molecular flexibility index (Phi) is 3.63. The van der Waals surface area contributed by atoms with Crippen molar-refractivity contribution in [3.63, 3.8) is 0 Å². The molecule has 0 amide bonds. The summed E-state index contributed by atoms with van der Waals surface area (Å²) >= 11 is 9.56. The third-order valence-electron chi connectivity index (χ3n) is 3.03. The van der Waals surface area contributed by atoms with E-state index in [1.54, 1.807) is 6.07 Å². The second-order valence-electron chi connectivity index (χ2n) is 4.62. The van der Waals surface area contributed by atoms with Gasteiger partial charge in [0.05, 0.1) is 5.52 Å². The van der Waals surface area contributed by atoms with Crippen LogP contribution in [-0.4, -0.2) is 9.97 Å². The predicted octanol–water partition coefficient (Wildman–Crippen LogP) is 5.30. The molecule has 0 spiro atoms. The molecule has 1 aromatic heterocycles. The zero-order chi connectivity index (χ0) is 15.1.